The van der Waals surface area contributed by atoms with Crippen LogP contribution in [-0.4, -0.2) is 43.7 Å². The number of hydrogen-bond acceptors (Lipinski definition) is 7. The number of aromatic nitrogens is 3. The first-order valence-corrected chi connectivity index (χ1v) is 11.5. The van der Waals surface area contributed by atoms with Crippen LogP contribution in [0.4, 0.5) is 5.69 Å². The van der Waals surface area contributed by atoms with E-state index in [1.807, 2.05) is 28.8 Å². The number of rotatable bonds is 10. The molecule has 0 spiro atoms. The van der Waals surface area contributed by atoms with Crippen molar-refractivity contribution in [2.24, 2.45) is 0 Å². The molecule has 9 nitrogen and oxygen atoms in total. The van der Waals surface area contributed by atoms with Crippen LogP contribution in [0.1, 0.15) is 29.5 Å². The van der Waals surface area contributed by atoms with Crippen LogP contribution >= 0.6 is 27.7 Å². The van der Waals surface area contributed by atoms with Crippen LogP contribution in [0.15, 0.2) is 58.2 Å². The minimum absolute atomic E-state index is 0.0573. The maximum Gasteiger partial charge on any atom is 0.270 e. The molecule has 0 saturated heterocycles. The number of amides is 1. The molecule has 0 aliphatic rings. The van der Waals surface area contributed by atoms with E-state index < -0.39 is 4.92 Å². The van der Waals surface area contributed by atoms with Gasteiger partial charge >= 0.3 is 0 Å². The largest absolute Gasteiger partial charge is 0.356 e. The predicted molar refractivity (Wildman–Crippen MR) is 124 cm³/mol. The third-order valence-electron chi connectivity index (χ3n) is 4.45. The fourth-order valence-corrected chi connectivity index (χ4v) is 4.05. The lowest BCUT2D eigenvalue weighted by atomic mass is 10.1. The van der Waals surface area contributed by atoms with E-state index in [-0.39, 0.29) is 28.7 Å². The first-order chi connectivity index (χ1) is 15.3. The predicted octanol–water partition coefficient (Wildman–Crippen LogP) is 3.98. The highest BCUT2D eigenvalue weighted by atomic mass is 79.9. The van der Waals surface area contributed by atoms with Gasteiger partial charge in [-0.25, -0.2) is 0 Å². The summed E-state index contributed by atoms with van der Waals surface area (Å²) >= 11 is 4.64. The number of nitrogens with zero attached hydrogens (tertiary/aromatic N) is 4. The van der Waals surface area contributed by atoms with E-state index in [1.54, 1.807) is 6.07 Å². The number of carbonyl (C=O) groups is 2. The number of benzene rings is 2. The molecule has 0 aliphatic carbocycles. The molecule has 0 unspecified atom stereocenters. The Morgan fingerprint density at radius 1 is 1.19 bits per heavy atom. The van der Waals surface area contributed by atoms with Crippen LogP contribution in [0.3, 0.4) is 0 Å². The average molecular weight is 518 g/mol. The highest BCUT2D eigenvalue weighted by molar-refractivity contribution is 9.10. The summed E-state index contributed by atoms with van der Waals surface area (Å²) < 4.78 is 2.81. The van der Waals surface area contributed by atoms with Gasteiger partial charge in [0.2, 0.25) is 5.91 Å². The van der Waals surface area contributed by atoms with Crippen molar-refractivity contribution in [2.45, 2.75) is 24.9 Å². The van der Waals surface area contributed by atoms with Crippen molar-refractivity contribution in [3.8, 4) is 5.69 Å². The molecule has 1 amide bonds. The van der Waals surface area contributed by atoms with Crippen LogP contribution in [0.5, 0.6) is 0 Å². The van der Waals surface area contributed by atoms with Crippen molar-refractivity contribution in [1.82, 2.24) is 20.1 Å². The second-order valence-corrected chi connectivity index (χ2v) is 8.67. The fraction of sp³-hybridized carbons (Fsp3) is 0.238. The monoisotopic (exact) mass is 517 g/mol. The second kappa shape index (κ2) is 11.0. The summed E-state index contributed by atoms with van der Waals surface area (Å²) in [6, 6.07) is 13.3. The molecule has 0 atom stereocenters. The Kier molecular flexibility index (Phi) is 8.12. The van der Waals surface area contributed by atoms with E-state index in [2.05, 4.69) is 31.4 Å². The first kappa shape index (κ1) is 23.6. The van der Waals surface area contributed by atoms with Gasteiger partial charge in [0, 0.05) is 47.7 Å². The van der Waals surface area contributed by atoms with E-state index in [1.165, 1.54) is 36.9 Å². The van der Waals surface area contributed by atoms with Gasteiger partial charge in [0.25, 0.3) is 5.69 Å². The number of carbonyl (C=O) groups excluding carboxylic acids is 2. The number of halogens is 1. The Labute approximate surface area is 196 Å². The zero-order chi connectivity index (χ0) is 23.1. The zero-order valence-electron chi connectivity index (χ0n) is 17.2. The van der Waals surface area contributed by atoms with Gasteiger partial charge in [-0.05, 0) is 30.7 Å². The van der Waals surface area contributed by atoms with Crippen molar-refractivity contribution in [1.29, 1.82) is 0 Å². The molecule has 0 radical (unpaired) electrons. The Hall–Kier alpha value is -3.05. The summed E-state index contributed by atoms with van der Waals surface area (Å²) in [4.78, 5) is 34.1. The highest BCUT2D eigenvalue weighted by Gasteiger charge is 2.17. The van der Waals surface area contributed by atoms with Crippen LogP contribution in [0, 0.1) is 10.1 Å². The van der Waals surface area contributed by atoms with E-state index in [9.17, 15) is 19.7 Å². The fourth-order valence-electron chi connectivity index (χ4n) is 2.92. The van der Waals surface area contributed by atoms with E-state index >= 15 is 0 Å². The molecule has 1 aromatic heterocycles. The summed E-state index contributed by atoms with van der Waals surface area (Å²) in [6.45, 7) is 1.99. The lowest BCUT2D eigenvalue weighted by Crippen LogP contribution is -2.21. The topological polar surface area (TPSA) is 120 Å². The minimum Gasteiger partial charge on any atom is -0.356 e. The third kappa shape index (κ3) is 6.24. The molecule has 0 fully saturated rings. The molecule has 1 N–H and O–H groups in total. The highest BCUT2D eigenvalue weighted by Crippen LogP contribution is 2.25. The quantitative estimate of drug-likeness (QED) is 0.142. The maximum atomic E-state index is 12.6. The molecule has 166 valence electrons. The number of thioether (sulfide) groups is 1. The molecular weight excluding hydrogens is 498 g/mol. The molecule has 11 heteroatoms. The molecule has 2 aromatic carbocycles. The van der Waals surface area contributed by atoms with Gasteiger partial charge < -0.3 is 5.32 Å². The van der Waals surface area contributed by atoms with Crippen molar-refractivity contribution in [3.05, 3.63) is 74.5 Å². The van der Waals surface area contributed by atoms with Gasteiger partial charge in [-0.1, -0.05) is 39.8 Å². The third-order valence-corrected chi connectivity index (χ3v) is 5.91. The van der Waals surface area contributed by atoms with E-state index in [4.69, 9.17) is 0 Å². The summed E-state index contributed by atoms with van der Waals surface area (Å²) in [6.07, 6.45) is 1.27. The summed E-state index contributed by atoms with van der Waals surface area (Å²) in [5.41, 5.74) is 0.996. The second-order valence-electron chi connectivity index (χ2n) is 6.82. The summed E-state index contributed by atoms with van der Waals surface area (Å²) in [7, 11) is 0. The number of nitrogens with one attached hydrogen (secondary N) is 1. The smallest absolute Gasteiger partial charge is 0.270 e. The molecule has 1 heterocycles. The van der Waals surface area contributed by atoms with Gasteiger partial charge in [0.15, 0.2) is 10.9 Å². The van der Waals surface area contributed by atoms with E-state index in [0.29, 0.717) is 30.4 Å². The number of Topliss-reactive ketones (excluding diaryl/α,β-unsaturated/α-hetero) is 1. The average Bonchev–Trinajstić information content (AvgIpc) is 3.18. The number of hydrogen-bond donors (Lipinski definition) is 1. The van der Waals surface area contributed by atoms with E-state index in [0.717, 1.165) is 10.2 Å². The Morgan fingerprint density at radius 2 is 1.94 bits per heavy atom. The number of nitro groups is 1. The molecule has 0 aliphatic heterocycles. The van der Waals surface area contributed by atoms with Crippen LogP contribution in [0.2, 0.25) is 0 Å². The SMILES string of the molecule is CC(=O)NCCCc1nnc(SCC(=O)c2cccc([N+](=O)[O-])c2)n1-c1ccc(Br)cc1. The van der Waals surface area contributed by atoms with Crippen molar-refractivity contribution in [3.63, 3.8) is 0 Å². The molecule has 0 bridgehead atoms. The summed E-state index contributed by atoms with van der Waals surface area (Å²) in [5.74, 6) is 0.441. The number of nitro benzene ring substituents is 1. The lowest BCUT2D eigenvalue weighted by Gasteiger charge is -2.10. The number of non-ortho nitro benzene ring substituents is 1. The van der Waals surface area contributed by atoms with Gasteiger partial charge in [-0.2, -0.15) is 0 Å². The van der Waals surface area contributed by atoms with Crippen molar-refractivity contribution < 1.29 is 14.5 Å². The maximum absolute atomic E-state index is 12.6. The first-order valence-electron chi connectivity index (χ1n) is 9.70. The lowest BCUT2D eigenvalue weighted by molar-refractivity contribution is -0.384. The zero-order valence-corrected chi connectivity index (χ0v) is 19.6. The van der Waals surface area contributed by atoms with Crippen molar-refractivity contribution in [2.75, 3.05) is 12.3 Å². The van der Waals surface area contributed by atoms with Crippen LogP contribution in [0.25, 0.3) is 5.69 Å². The van der Waals surface area contributed by atoms with Crippen molar-refractivity contribution >= 4 is 45.1 Å². The van der Waals surface area contributed by atoms with Gasteiger partial charge in [0.05, 0.1) is 10.7 Å². The van der Waals surface area contributed by atoms with Gasteiger partial charge in [-0.15, -0.1) is 10.2 Å². The van der Waals surface area contributed by atoms with Crippen LogP contribution in [-0.2, 0) is 11.2 Å². The standard InChI is InChI=1S/C21H20BrN5O4S/c1-14(28)23-11-3-6-20-24-25-21(26(20)17-9-7-16(22)8-10-17)32-13-19(29)15-4-2-5-18(12-15)27(30)31/h2,4-5,7-10,12H,3,6,11,13H2,1H3,(H,23,28). The molecule has 3 rings (SSSR count). The Balaban J connectivity index is 1.78. The molecular formula is C21H20BrN5O4S. The molecule has 3 aromatic rings. The number of ketones is 1. The molecule has 0 saturated carbocycles. The number of aryl methyl sites for hydroxylation is 1. The minimum atomic E-state index is -0.526. The normalized spacial score (nSPS) is 10.7. The Morgan fingerprint density at radius 3 is 2.62 bits per heavy atom. The Bertz CT molecular complexity index is 1130. The molecule has 32 heavy (non-hydrogen) atoms. The van der Waals surface area contributed by atoms with Crippen LogP contribution < -0.4 is 5.32 Å². The van der Waals surface area contributed by atoms with Gasteiger partial charge in [0.1, 0.15) is 5.82 Å². The van der Waals surface area contributed by atoms with Gasteiger partial charge in [-0.3, -0.25) is 24.3 Å². The summed E-state index contributed by atoms with van der Waals surface area (Å²) in [5, 5.41) is 22.8.